The number of fused-ring (bicyclic) bond motifs is 1. The molecule has 2 heterocycles. The molecule has 1 aromatic carbocycles. The first-order chi connectivity index (χ1) is 11.1. The first kappa shape index (κ1) is 16.2. The van der Waals surface area contributed by atoms with E-state index in [1.54, 1.807) is 6.07 Å². The van der Waals surface area contributed by atoms with Crippen molar-refractivity contribution in [2.24, 2.45) is 5.73 Å². The van der Waals surface area contributed by atoms with Crippen LogP contribution in [0.1, 0.15) is 23.2 Å². The standard InChI is InChI=1S/C18H25N3O2/c1-12-7-13(2)18-16(8-12)17(22)9-14(20-18)10-21-5-6-23-15(11-21)3-4-19/h7-9,15H,3-6,10-11,19H2,1-2H3,(H,20,22)/t15-/m0/s1. The second-order valence-electron chi connectivity index (χ2n) is 6.47. The molecular formula is C18H25N3O2. The monoisotopic (exact) mass is 315 g/mol. The molecule has 1 atom stereocenters. The van der Waals surface area contributed by atoms with Crippen molar-refractivity contribution in [1.29, 1.82) is 0 Å². The molecule has 1 fully saturated rings. The fourth-order valence-electron chi connectivity index (χ4n) is 3.37. The number of hydrogen-bond acceptors (Lipinski definition) is 4. The van der Waals surface area contributed by atoms with Crippen molar-refractivity contribution in [1.82, 2.24) is 9.88 Å². The number of hydrogen-bond donors (Lipinski definition) is 2. The number of aryl methyl sites for hydroxylation is 2. The SMILES string of the molecule is Cc1cc(C)c2[nH]c(CN3CCO[C@@H](CCN)C3)cc(=O)c2c1. The maximum atomic E-state index is 12.4. The van der Waals surface area contributed by atoms with Crippen molar-refractivity contribution in [3.8, 4) is 0 Å². The molecule has 0 aliphatic carbocycles. The van der Waals surface area contributed by atoms with Gasteiger partial charge in [0.15, 0.2) is 5.43 Å². The molecule has 3 rings (SSSR count). The van der Waals surface area contributed by atoms with Crippen LogP contribution in [0.2, 0.25) is 0 Å². The highest BCUT2D eigenvalue weighted by molar-refractivity contribution is 5.82. The van der Waals surface area contributed by atoms with Crippen molar-refractivity contribution < 1.29 is 4.74 Å². The number of benzene rings is 1. The lowest BCUT2D eigenvalue weighted by molar-refractivity contribution is -0.0338. The van der Waals surface area contributed by atoms with Crippen molar-refractivity contribution in [2.45, 2.75) is 32.9 Å². The molecule has 0 unspecified atom stereocenters. The molecule has 0 bridgehead atoms. The van der Waals surface area contributed by atoms with E-state index in [0.717, 1.165) is 60.4 Å². The normalized spacial score (nSPS) is 19.3. The van der Waals surface area contributed by atoms with Crippen LogP contribution in [0, 0.1) is 13.8 Å². The molecule has 5 heteroatoms. The lowest BCUT2D eigenvalue weighted by Crippen LogP contribution is -2.42. The number of aromatic nitrogens is 1. The predicted molar refractivity (Wildman–Crippen MR) is 92.7 cm³/mol. The number of nitrogens with two attached hydrogens (primary N) is 1. The van der Waals surface area contributed by atoms with Crippen LogP contribution in [-0.4, -0.2) is 42.2 Å². The van der Waals surface area contributed by atoms with Gasteiger partial charge in [0.2, 0.25) is 0 Å². The van der Waals surface area contributed by atoms with Gasteiger partial charge in [-0.2, -0.15) is 0 Å². The molecule has 5 nitrogen and oxygen atoms in total. The zero-order chi connectivity index (χ0) is 16.4. The number of H-pyrrole nitrogens is 1. The van der Waals surface area contributed by atoms with Crippen molar-refractivity contribution in [2.75, 3.05) is 26.2 Å². The molecule has 2 aromatic rings. The molecule has 3 N–H and O–H groups in total. The number of pyridine rings is 1. The van der Waals surface area contributed by atoms with Gasteiger partial charge in [0, 0.05) is 36.8 Å². The topological polar surface area (TPSA) is 71.3 Å². The Morgan fingerprint density at radius 2 is 2.17 bits per heavy atom. The summed E-state index contributed by atoms with van der Waals surface area (Å²) in [5.41, 5.74) is 9.85. The summed E-state index contributed by atoms with van der Waals surface area (Å²) in [6.45, 7) is 7.91. The average molecular weight is 315 g/mol. The number of nitrogens with one attached hydrogen (secondary N) is 1. The molecule has 0 radical (unpaired) electrons. The molecule has 0 saturated carbocycles. The number of nitrogens with zero attached hydrogens (tertiary/aromatic N) is 1. The van der Waals surface area contributed by atoms with E-state index < -0.39 is 0 Å². The number of ether oxygens (including phenoxy) is 1. The minimum atomic E-state index is 0.0901. The van der Waals surface area contributed by atoms with Gasteiger partial charge in [0.1, 0.15) is 0 Å². The minimum absolute atomic E-state index is 0.0901. The van der Waals surface area contributed by atoms with E-state index in [9.17, 15) is 4.79 Å². The van der Waals surface area contributed by atoms with Gasteiger partial charge in [0.05, 0.1) is 18.2 Å². The second-order valence-corrected chi connectivity index (χ2v) is 6.47. The van der Waals surface area contributed by atoms with Gasteiger partial charge in [-0.3, -0.25) is 9.69 Å². The third-order valence-electron chi connectivity index (χ3n) is 4.44. The van der Waals surface area contributed by atoms with Gasteiger partial charge < -0.3 is 15.5 Å². The van der Waals surface area contributed by atoms with E-state index in [2.05, 4.69) is 16.0 Å². The van der Waals surface area contributed by atoms with E-state index in [1.807, 2.05) is 19.9 Å². The molecule has 0 amide bonds. The number of morpholine rings is 1. The van der Waals surface area contributed by atoms with Crippen molar-refractivity contribution in [3.63, 3.8) is 0 Å². The molecule has 1 aliphatic rings. The molecule has 1 saturated heterocycles. The quantitative estimate of drug-likeness (QED) is 0.901. The summed E-state index contributed by atoms with van der Waals surface area (Å²) in [6, 6.07) is 5.79. The molecule has 124 valence electrons. The largest absolute Gasteiger partial charge is 0.376 e. The fraction of sp³-hybridized carbons (Fsp3) is 0.500. The Bertz CT molecular complexity index is 752. The number of rotatable bonds is 4. The third-order valence-corrected chi connectivity index (χ3v) is 4.44. The van der Waals surface area contributed by atoms with Crippen LogP contribution in [0.15, 0.2) is 23.0 Å². The predicted octanol–water partition coefficient (Wildman–Crippen LogP) is 1.69. The van der Waals surface area contributed by atoms with Crippen molar-refractivity contribution >= 4 is 10.9 Å². The Balaban J connectivity index is 1.85. The van der Waals surface area contributed by atoms with Gasteiger partial charge in [-0.15, -0.1) is 0 Å². The third kappa shape index (κ3) is 3.63. The van der Waals surface area contributed by atoms with Crippen LogP contribution in [0.5, 0.6) is 0 Å². The van der Waals surface area contributed by atoms with Gasteiger partial charge in [-0.05, 0) is 44.0 Å². The summed E-state index contributed by atoms with van der Waals surface area (Å²) in [4.78, 5) is 18.2. The van der Waals surface area contributed by atoms with Crippen LogP contribution in [-0.2, 0) is 11.3 Å². The Kier molecular flexibility index (Phi) is 4.80. The zero-order valence-electron chi connectivity index (χ0n) is 13.9. The average Bonchev–Trinajstić information content (AvgIpc) is 2.49. The van der Waals surface area contributed by atoms with Gasteiger partial charge in [-0.25, -0.2) is 0 Å². The summed E-state index contributed by atoms with van der Waals surface area (Å²) >= 11 is 0. The van der Waals surface area contributed by atoms with Crippen LogP contribution in [0.3, 0.4) is 0 Å². The molecule has 1 aromatic heterocycles. The summed E-state index contributed by atoms with van der Waals surface area (Å²) in [7, 11) is 0. The first-order valence-corrected chi connectivity index (χ1v) is 8.24. The highest BCUT2D eigenvalue weighted by Gasteiger charge is 2.20. The second kappa shape index (κ2) is 6.83. The Morgan fingerprint density at radius 3 is 2.96 bits per heavy atom. The smallest absolute Gasteiger partial charge is 0.189 e. The summed E-state index contributed by atoms with van der Waals surface area (Å²) in [5.74, 6) is 0. The molecule has 1 aliphatic heterocycles. The lowest BCUT2D eigenvalue weighted by Gasteiger charge is -2.32. The van der Waals surface area contributed by atoms with Crippen LogP contribution >= 0.6 is 0 Å². The number of aromatic amines is 1. The Labute approximate surface area is 136 Å². The van der Waals surface area contributed by atoms with Crippen LogP contribution < -0.4 is 11.2 Å². The molecule has 23 heavy (non-hydrogen) atoms. The lowest BCUT2D eigenvalue weighted by atomic mass is 10.1. The highest BCUT2D eigenvalue weighted by Crippen LogP contribution is 2.17. The maximum absolute atomic E-state index is 12.4. The summed E-state index contributed by atoms with van der Waals surface area (Å²) in [6.07, 6.45) is 1.08. The Hall–Kier alpha value is -1.69. The fourth-order valence-corrected chi connectivity index (χ4v) is 3.37. The highest BCUT2D eigenvalue weighted by atomic mass is 16.5. The van der Waals surface area contributed by atoms with E-state index in [1.165, 1.54) is 0 Å². The van der Waals surface area contributed by atoms with Gasteiger partial charge >= 0.3 is 0 Å². The summed E-state index contributed by atoms with van der Waals surface area (Å²) in [5, 5.41) is 0.772. The van der Waals surface area contributed by atoms with Crippen molar-refractivity contribution in [3.05, 3.63) is 45.2 Å². The molecular weight excluding hydrogens is 290 g/mol. The van der Waals surface area contributed by atoms with E-state index in [0.29, 0.717) is 6.54 Å². The van der Waals surface area contributed by atoms with Gasteiger partial charge in [0.25, 0.3) is 0 Å². The van der Waals surface area contributed by atoms with E-state index in [-0.39, 0.29) is 11.5 Å². The first-order valence-electron chi connectivity index (χ1n) is 8.24. The summed E-state index contributed by atoms with van der Waals surface area (Å²) < 4.78 is 5.72. The zero-order valence-corrected chi connectivity index (χ0v) is 13.9. The van der Waals surface area contributed by atoms with Gasteiger partial charge in [-0.1, -0.05) is 6.07 Å². The van der Waals surface area contributed by atoms with E-state index in [4.69, 9.17) is 10.5 Å². The maximum Gasteiger partial charge on any atom is 0.189 e. The minimum Gasteiger partial charge on any atom is -0.376 e. The van der Waals surface area contributed by atoms with Crippen LogP contribution in [0.25, 0.3) is 10.9 Å². The van der Waals surface area contributed by atoms with Crippen LogP contribution in [0.4, 0.5) is 0 Å². The Morgan fingerprint density at radius 1 is 1.35 bits per heavy atom. The van der Waals surface area contributed by atoms with E-state index >= 15 is 0 Å². The molecule has 0 spiro atoms.